The van der Waals surface area contributed by atoms with Gasteiger partial charge in [-0.2, -0.15) is 0 Å². The Kier molecular flexibility index (Phi) is 7.92. The molecule has 2 heterocycles. The van der Waals surface area contributed by atoms with Crippen molar-refractivity contribution in [2.45, 2.75) is 51.1 Å². The number of amides is 3. The largest absolute Gasteiger partial charge is 0.459 e. The van der Waals surface area contributed by atoms with E-state index in [-0.39, 0.29) is 24.3 Å². The van der Waals surface area contributed by atoms with Crippen LogP contribution in [-0.2, 0) is 9.59 Å². The molecule has 8 heteroatoms. The zero-order valence-electron chi connectivity index (χ0n) is 19.8. The molecule has 35 heavy (non-hydrogen) atoms. The number of hydrogen-bond acceptors (Lipinski definition) is 5. The Morgan fingerprint density at radius 3 is 2.49 bits per heavy atom. The lowest BCUT2D eigenvalue weighted by Crippen LogP contribution is -2.49. The maximum Gasteiger partial charge on any atom is 0.287 e. The molecule has 3 aromatic rings. The van der Waals surface area contributed by atoms with E-state index in [0.29, 0.717) is 11.3 Å². The molecular formula is C27H30N4O4. The number of benzene rings is 1. The Hall–Kier alpha value is -3.94. The number of carbonyl (C=O) groups is 3. The number of hydrogen-bond donors (Lipinski definition) is 2. The predicted octanol–water partition coefficient (Wildman–Crippen LogP) is 3.94. The second-order valence-corrected chi connectivity index (χ2v) is 8.79. The van der Waals surface area contributed by atoms with Crippen LogP contribution < -0.4 is 15.5 Å². The third kappa shape index (κ3) is 6.15. The van der Waals surface area contributed by atoms with Crippen molar-refractivity contribution < 1.29 is 18.8 Å². The van der Waals surface area contributed by atoms with Crippen LogP contribution in [0.15, 0.2) is 71.6 Å². The predicted molar refractivity (Wildman–Crippen MR) is 132 cm³/mol. The number of aromatic nitrogens is 1. The van der Waals surface area contributed by atoms with Crippen LogP contribution in [0, 0.1) is 6.92 Å². The molecule has 1 aromatic carbocycles. The van der Waals surface area contributed by atoms with Gasteiger partial charge < -0.3 is 15.1 Å². The maximum absolute atomic E-state index is 13.7. The third-order valence-corrected chi connectivity index (χ3v) is 6.19. The summed E-state index contributed by atoms with van der Waals surface area (Å²) in [6.45, 7) is 1.66. The standard InChI is InChI=1S/C27H30N4O4/c1-19-11-13-20(14-12-19)25(27(34)30-21-7-3-2-4-8-21)31(22-9-5-15-28-17-22)24(32)18-29-26(33)23-10-6-16-35-23/h5-6,9-17,21,25H,2-4,7-8,18H2,1H3,(H,29,33)(H,30,34)/t25-/m1/s1. The summed E-state index contributed by atoms with van der Waals surface area (Å²) in [6.07, 6.45) is 9.70. The molecular weight excluding hydrogens is 444 g/mol. The SMILES string of the molecule is Cc1ccc([C@H](C(=O)NC2CCCCC2)N(C(=O)CNC(=O)c2ccco2)c2cccnc2)cc1. The Morgan fingerprint density at radius 1 is 1.06 bits per heavy atom. The molecule has 1 saturated carbocycles. The summed E-state index contributed by atoms with van der Waals surface area (Å²) in [7, 11) is 0. The van der Waals surface area contributed by atoms with E-state index in [2.05, 4.69) is 15.6 Å². The van der Waals surface area contributed by atoms with Crippen molar-refractivity contribution in [2.75, 3.05) is 11.4 Å². The average Bonchev–Trinajstić information content (AvgIpc) is 3.43. The quantitative estimate of drug-likeness (QED) is 0.515. The van der Waals surface area contributed by atoms with Gasteiger partial charge in [-0.15, -0.1) is 0 Å². The summed E-state index contributed by atoms with van der Waals surface area (Å²) in [6, 6.07) is 13.3. The fourth-order valence-corrected chi connectivity index (χ4v) is 4.36. The van der Waals surface area contributed by atoms with E-state index in [1.165, 1.54) is 23.7 Å². The molecule has 3 amide bonds. The topological polar surface area (TPSA) is 105 Å². The zero-order chi connectivity index (χ0) is 24.6. The highest BCUT2D eigenvalue weighted by atomic mass is 16.3. The van der Waals surface area contributed by atoms with Crippen molar-refractivity contribution in [1.29, 1.82) is 0 Å². The molecule has 2 aromatic heterocycles. The van der Waals surface area contributed by atoms with Gasteiger partial charge in [-0.1, -0.05) is 49.1 Å². The lowest BCUT2D eigenvalue weighted by molar-refractivity contribution is -0.127. The minimum Gasteiger partial charge on any atom is -0.459 e. The van der Waals surface area contributed by atoms with Gasteiger partial charge in [0.2, 0.25) is 11.8 Å². The number of aryl methyl sites for hydroxylation is 1. The van der Waals surface area contributed by atoms with Crippen molar-refractivity contribution in [1.82, 2.24) is 15.6 Å². The molecule has 182 valence electrons. The van der Waals surface area contributed by atoms with Gasteiger partial charge in [-0.05, 0) is 49.6 Å². The Morgan fingerprint density at radius 2 is 1.83 bits per heavy atom. The van der Waals surface area contributed by atoms with Crippen molar-refractivity contribution in [3.8, 4) is 0 Å². The molecule has 0 aliphatic heterocycles. The van der Waals surface area contributed by atoms with Crippen LogP contribution in [0.25, 0.3) is 0 Å². The van der Waals surface area contributed by atoms with Crippen LogP contribution in [-0.4, -0.2) is 35.3 Å². The summed E-state index contributed by atoms with van der Waals surface area (Å²) < 4.78 is 5.11. The molecule has 1 aliphatic carbocycles. The lowest BCUT2D eigenvalue weighted by atomic mass is 9.94. The van der Waals surface area contributed by atoms with Crippen LogP contribution in [0.5, 0.6) is 0 Å². The van der Waals surface area contributed by atoms with Gasteiger partial charge in [0, 0.05) is 12.2 Å². The second-order valence-electron chi connectivity index (χ2n) is 8.79. The van der Waals surface area contributed by atoms with Gasteiger partial charge in [-0.25, -0.2) is 0 Å². The van der Waals surface area contributed by atoms with Gasteiger partial charge in [-0.3, -0.25) is 24.3 Å². The molecule has 1 fully saturated rings. The van der Waals surface area contributed by atoms with Gasteiger partial charge in [0.25, 0.3) is 5.91 Å². The zero-order valence-corrected chi connectivity index (χ0v) is 19.8. The van der Waals surface area contributed by atoms with Crippen molar-refractivity contribution in [2.24, 2.45) is 0 Å². The van der Waals surface area contributed by atoms with Crippen LogP contribution >= 0.6 is 0 Å². The Balaban J connectivity index is 1.65. The molecule has 0 saturated heterocycles. The number of anilines is 1. The summed E-state index contributed by atoms with van der Waals surface area (Å²) in [4.78, 5) is 45.2. The van der Waals surface area contributed by atoms with Gasteiger partial charge in [0.05, 0.1) is 24.7 Å². The molecule has 0 spiro atoms. The molecule has 4 rings (SSSR count). The van der Waals surface area contributed by atoms with Crippen LogP contribution in [0.3, 0.4) is 0 Å². The van der Waals surface area contributed by atoms with Crippen LogP contribution in [0.2, 0.25) is 0 Å². The van der Waals surface area contributed by atoms with Gasteiger partial charge >= 0.3 is 0 Å². The van der Waals surface area contributed by atoms with Crippen molar-refractivity contribution in [3.05, 3.63) is 84.1 Å². The van der Waals surface area contributed by atoms with Crippen LogP contribution in [0.1, 0.15) is 59.8 Å². The lowest BCUT2D eigenvalue weighted by Gasteiger charge is -2.33. The molecule has 0 bridgehead atoms. The average molecular weight is 475 g/mol. The van der Waals surface area contributed by atoms with E-state index < -0.39 is 17.9 Å². The first-order valence-electron chi connectivity index (χ1n) is 11.9. The first kappa shape index (κ1) is 24.2. The Labute approximate surface area is 204 Å². The summed E-state index contributed by atoms with van der Waals surface area (Å²) in [5, 5.41) is 5.76. The summed E-state index contributed by atoms with van der Waals surface area (Å²) in [5.41, 5.74) is 2.19. The molecule has 0 unspecified atom stereocenters. The van der Waals surface area contributed by atoms with Gasteiger partial charge in [0.15, 0.2) is 5.76 Å². The highest BCUT2D eigenvalue weighted by Gasteiger charge is 2.34. The van der Waals surface area contributed by atoms with E-state index in [9.17, 15) is 14.4 Å². The van der Waals surface area contributed by atoms with Crippen molar-refractivity contribution in [3.63, 3.8) is 0 Å². The number of nitrogens with zero attached hydrogens (tertiary/aromatic N) is 2. The number of rotatable bonds is 8. The normalized spacial score (nSPS) is 14.7. The second kappa shape index (κ2) is 11.5. The fraction of sp³-hybridized carbons (Fsp3) is 0.333. The maximum atomic E-state index is 13.7. The highest BCUT2D eigenvalue weighted by Crippen LogP contribution is 2.29. The van der Waals surface area contributed by atoms with E-state index in [1.807, 2.05) is 31.2 Å². The van der Waals surface area contributed by atoms with E-state index in [0.717, 1.165) is 31.2 Å². The number of nitrogens with one attached hydrogen (secondary N) is 2. The Bertz CT molecular complexity index is 1120. The smallest absolute Gasteiger partial charge is 0.287 e. The molecule has 2 N–H and O–H groups in total. The minimum atomic E-state index is -0.922. The highest BCUT2D eigenvalue weighted by molar-refractivity contribution is 6.04. The molecule has 8 nitrogen and oxygen atoms in total. The minimum absolute atomic E-state index is 0.0775. The van der Waals surface area contributed by atoms with E-state index in [1.54, 1.807) is 30.6 Å². The molecule has 1 aliphatic rings. The summed E-state index contributed by atoms with van der Waals surface area (Å²) >= 11 is 0. The van der Waals surface area contributed by atoms with Crippen LogP contribution in [0.4, 0.5) is 5.69 Å². The molecule has 1 atom stereocenters. The van der Waals surface area contributed by atoms with Crippen molar-refractivity contribution >= 4 is 23.4 Å². The molecule has 0 radical (unpaired) electrons. The number of furan rings is 1. The first-order chi connectivity index (χ1) is 17.0. The number of pyridine rings is 1. The van der Waals surface area contributed by atoms with E-state index >= 15 is 0 Å². The third-order valence-electron chi connectivity index (χ3n) is 6.19. The monoisotopic (exact) mass is 474 g/mol. The van der Waals surface area contributed by atoms with E-state index in [4.69, 9.17) is 4.42 Å². The summed E-state index contributed by atoms with van der Waals surface area (Å²) in [5.74, 6) is -1.10. The fourth-order valence-electron chi connectivity index (χ4n) is 4.36. The van der Waals surface area contributed by atoms with Gasteiger partial charge in [0.1, 0.15) is 6.04 Å². The number of carbonyl (C=O) groups excluding carboxylic acids is 3. The first-order valence-corrected chi connectivity index (χ1v) is 11.9.